The number of rotatable bonds is 2. The summed E-state index contributed by atoms with van der Waals surface area (Å²) in [7, 11) is 0. The first-order chi connectivity index (χ1) is 11.9. The summed E-state index contributed by atoms with van der Waals surface area (Å²) < 4.78 is 5.49. The highest BCUT2D eigenvalue weighted by molar-refractivity contribution is 5.86. The molecule has 0 aromatic carbocycles. The van der Waals surface area contributed by atoms with Gasteiger partial charge < -0.3 is 20.0 Å². The van der Waals surface area contributed by atoms with Gasteiger partial charge in [0.05, 0.1) is 5.39 Å². The zero-order valence-electron chi connectivity index (χ0n) is 14.8. The van der Waals surface area contributed by atoms with E-state index < -0.39 is 5.60 Å². The third kappa shape index (κ3) is 3.26. The lowest BCUT2D eigenvalue weighted by Crippen LogP contribution is -2.38. The quantitative estimate of drug-likeness (QED) is 0.867. The van der Waals surface area contributed by atoms with Crippen molar-refractivity contribution in [3.05, 3.63) is 18.6 Å². The number of likely N-dealkylation sites (tertiary alicyclic amines) is 1. The van der Waals surface area contributed by atoms with Gasteiger partial charge in [-0.2, -0.15) is 0 Å². The molecule has 0 bridgehead atoms. The Bertz CT molecular complexity index is 769. The number of fused-ring (bicyclic) bond motifs is 2. The van der Waals surface area contributed by atoms with Gasteiger partial charge in [0.2, 0.25) is 0 Å². The second-order valence-corrected chi connectivity index (χ2v) is 7.88. The van der Waals surface area contributed by atoms with Crippen molar-refractivity contribution in [2.75, 3.05) is 31.6 Å². The van der Waals surface area contributed by atoms with Gasteiger partial charge in [-0.15, -0.1) is 0 Å². The normalized spacial score (nSPS) is 23.9. The monoisotopic (exact) mass is 344 g/mol. The van der Waals surface area contributed by atoms with Crippen LogP contribution in [0.4, 0.5) is 10.6 Å². The Labute approximate surface area is 146 Å². The maximum atomic E-state index is 12.2. The van der Waals surface area contributed by atoms with E-state index in [1.54, 1.807) is 6.33 Å². The molecule has 0 spiro atoms. The average Bonchev–Trinajstić information content (AvgIpc) is 3.18. The molecule has 2 aliphatic rings. The number of hydrogen-bond donors (Lipinski definition) is 2. The molecule has 134 valence electrons. The van der Waals surface area contributed by atoms with E-state index in [1.165, 1.54) is 0 Å². The highest BCUT2D eigenvalue weighted by Gasteiger charge is 2.43. The molecule has 0 saturated carbocycles. The van der Waals surface area contributed by atoms with E-state index in [1.807, 2.05) is 37.9 Å². The van der Waals surface area contributed by atoms with Crippen molar-refractivity contribution in [3.8, 4) is 0 Å². The van der Waals surface area contributed by atoms with Crippen molar-refractivity contribution in [3.63, 3.8) is 0 Å². The molecule has 25 heavy (non-hydrogen) atoms. The topological polar surface area (TPSA) is 86.4 Å². The van der Waals surface area contributed by atoms with Gasteiger partial charge in [-0.25, -0.2) is 19.8 Å². The van der Waals surface area contributed by atoms with Gasteiger partial charge in [0.25, 0.3) is 0 Å². The van der Waals surface area contributed by atoms with Gasteiger partial charge in [-0.05, 0) is 38.7 Å². The number of nitrogens with one attached hydrogen (secondary N) is 2. The Morgan fingerprint density at radius 2 is 1.96 bits per heavy atom. The number of anilines is 1. The fraction of sp³-hybridized carbons (Fsp3) is 0.588. The molecule has 0 radical (unpaired) electrons. The predicted octanol–water partition coefficient (Wildman–Crippen LogP) is 2.08. The third-order valence-corrected chi connectivity index (χ3v) is 4.76. The van der Waals surface area contributed by atoms with Gasteiger partial charge in [-0.1, -0.05) is 0 Å². The van der Waals surface area contributed by atoms with Crippen LogP contribution in [0, 0.1) is 11.8 Å². The number of aromatic amines is 1. The minimum Gasteiger partial charge on any atom is -0.444 e. The van der Waals surface area contributed by atoms with E-state index in [-0.39, 0.29) is 6.09 Å². The van der Waals surface area contributed by atoms with Gasteiger partial charge in [0, 0.05) is 32.4 Å². The van der Waals surface area contributed by atoms with Crippen LogP contribution in [-0.2, 0) is 4.74 Å². The van der Waals surface area contributed by atoms with Crippen molar-refractivity contribution < 1.29 is 9.53 Å². The Morgan fingerprint density at radius 3 is 2.64 bits per heavy atom. The second-order valence-electron chi connectivity index (χ2n) is 7.88. The average molecular weight is 344 g/mol. The second kappa shape index (κ2) is 5.87. The molecule has 2 aromatic heterocycles. The van der Waals surface area contributed by atoms with Crippen LogP contribution in [0.1, 0.15) is 20.8 Å². The summed E-state index contributed by atoms with van der Waals surface area (Å²) in [6.45, 7) is 8.98. The Kier molecular flexibility index (Phi) is 3.79. The van der Waals surface area contributed by atoms with Crippen LogP contribution in [0.15, 0.2) is 18.6 Å². The molecule has 4 rings (SSSR count). The summed E-state index contributed by atoms with van der Waals surface area (Å²) >= 11 is 0. The zero-order valence-corrected chi connectivity index (χ0v) is 14.8. The lowest BCUT2D eigenvalue weighted by atomic mass is 10.0. The Hall–Kier alpha value is -2.35. The number of aromatic nitrogens is 3. The molecule has 4 heterocycles. The highest BCUT2D eigenvalue weighted by Crippen LogP contribution is 2.32. The molecule has 2 fully saturated rings. The molecule has 2 unspecified atom stereocenters. The summed E-state index contributed by atoms with van der Waals surface area (Å²) in [6, 6.07) is 1.97. The zero-order chi connectivity index (χ0) is 17.6. The van der Waals surface area contributed by atoms with Gasteiger partial charge in [0.15, 0.2) is 5.82 Å². The lowest BCUT2D eigenvalue weighted by Gasteiger charge is -2.26. The molecule has 2 aromatic rings. The fourth-order valence-electron chi connectivity index (χ4n) is 3.67. The first-order valence-corrected chi connectivity index (χ1v) is 8.67. The Morgan fingerprint density at radius 1 is 1.24 bits per heavy atom. The molecular weight excluding hydrogens is 320 g/mol. The first kappa shape index (κ1) is 16.1. The first-order valence-electron chi connectivity index (χ1n) is 8.67. The van der Waals surface area contributed by atoms with Gasteiger partial charge in [0.1, 0.15) is 17.6 Å². The van der Waals surface area contributed by atoms with Crippen molar-refractivity contribution in [1.29, 1.82) is 0 Å². The van der Waals surface area contributed by atoms with E-state index in [9.17, 15) is 4.79 Å². The maximum Gasteiger partial charge on any atom is 0.410 e. The SMILES string of the molecule is CC(C)(C)OC(=O)N1CC2CN(Nc3ncnc4[nH]ccc34)CC2C1. The third-order valence-electron chi connectivity index (χ3n) is 4.76. The molecule has 8 heteroatoms. The fourth-order valence-corrected chi connectivity index (χ4v) is 3.67. The summed E-state index contributed by atoms with van der Waals surface area (Å²) in [5.74, 6) is 1.74. The number of nitrogens with zero attached hydrogens (tertiary/aromatic N) is 4. The largest absolute Gasteiger partial charge is 0.444 e. The van der Waals surface area contributed by atoms with E-state index in [0.717, 1.165) is 43.0 Å². The Balaban J connectivity index is 1.37. The summed E-state index contributed by atoms with van der Waals surface area (Å²) in [5.41, 5.74) is 3.79. The van der Waals surface area contributed by atoms with Crippen LogP contribution >= 0.6 is 0 Å². The van der Waals surface area contributed by atoms with Crippen molar-refractivity contribution >= 4 is 22.9 Å². The smallest absolute Gasteiger partial charge is 0.410 e. The minimum absolute atomic E-state index is 0.203. The standard InChI is InChI=1S/C17H24N6O2/c1-17(2,3)25-16(24)22-6-11-8-23(9-12(11)7-22)21-15-13-4-5-18-14(13)19-10-20-15/h4-5,10-12H,6-9H2,1-3H3,(H2,18,19,20,21). The minimum atomic E-state index is -0.447. The molecular formula is C17H24N6O2. The molecule has 0 aliphatic carbocycles. The van der Waals surface area contributed by atoms with Crippen LogP contribution in [0.25, 0.3) is 11.0 Å². The highest BCUT2D eigenvalue weighted by atomic mass is 16.6. The number of hydrazine groups is 1. The molecule has 1 amide bonds. The van der Waals surface area contributed by atoms with Crippen LogP contribution < -0.4 is 5.43 Å². The summed E-state index contributed by atoms with van der Waals surface area (Å²) in [4.78, 5) is 25.7. The van der Waals surface area contributed by atoms with E-state index in [2.05, 4.69) is 25.4 Å². The summed E-state index contributed by atoms with van der Waals surface area (Å²) in [6.07, 6.45) is 3.22. The van der Waals surface area contributed by atoms with Crippen LogP contribution in [0.5, 0.6) is 0 Å². The number of carbonyl (C=O) groups is 1. The predicted molar refractivity (Wildman–Crippen MR) is 93.9 cm³/mol. The van der Waals surface area contributed by atoms with Crippen molar-refractivity contribution in [2.45, 2.75) is 26.4 Å². The van der Waals surface area contributed by atoms with E-state index in [0.29, 0.717) is 11.8 Å². The van der Waals surface area contributed by atoms with Crippen LogP contribution in [0.2, 0.25) is 0 Å². The van der Waals surface area contributed by atoms with Crippen molar-refractivity contribution in [1.82, 2.24) is 24.9 Å². The van der Waals surface area contributed by atoms with Crippen LogP contribution in [-0.4, -0.2) is 62.7 Å². The molecule has 2 saturated heterocycles. The van der Waals surface area contributed by atoms with Crippen molar-refractivity contribution in [2.24, 2.45) is 11.8 Å². The lowest BCUT2D eigenvalue weighted by molar-refractivity contribution is 0.0276. The number of H-pyrrole nitrogens is 1. The number of hydrogen-bond acceptors (Lipinski definition) is 6. The van der Waals surface area contributed by atoms with Gasteiger partial charge in [-0.3, -0.25) is 0 Å². The number of ether oxygens (including phenoxy) is 1. The molecule has 2 atom stereocenters. The van der Waals surface area contributed by atoms with E-state index >= 15 is 0 Å². The number of carbonyl (C=O) groups excluding carboxylic acids is 1. The summed E-state index contributed by atoms with van der Waals surface area (Å²) in [5, 5.41) is 3.17. The molecule has 2 N–H and O–H groups in total. The molecule has 2 aliphatic heterocycles. The van der Waals surface area contributed by atoms with E-state index in [4.69, 9.17) is 4.74 Å². The van der Waals surface area contributed by atoms with Crippen LogP contribution in [0.3, 0.4) is 0 Å². The van der Waals surface area contributed by atoms with Gasteiger partial charge >= 0.3 is 6.09 Å². The number of amides is 1. The maximum absolute atomic E-state index is 12.2. The molecule has 8 nitrogen and oxygen atoms in total.